The predicted octanol–water partition coefficient (Wildman–Crippen LogP) is 2.50. The highest BCUT2D eigenvalue weighted by Crippen LogP contribution is 2.30. The highest BCUT2D eigenvalue weighted by molar-refractivity contribution is 5.94. The molecule has 1 aliphatic heterocycles. The Morgan fingerprint density at radius 1 is 1.09 bits per heavy atom. The number of hydrogen-bond acceptors (Lipinski definition) is 8. The summed E-state index contributed by atoms with van der Waals surface area (Å²) in [6.07, 6.45) is -1.08. The van der Waals surface area contributed by atoms with Crippen molar-refractivity contribution in [2.75, 3.05) is 0 Å². The molecule has 0 radical (unpaired) electrons. The summed E-state index contributed by atoms with van der Waals surface area (Å²) in [5.74, 6) is -0.366. The quantitative estimate of drug-likeness (QED) is 0.626. The summed E-state index contributed by atoms with van der Waals surface area (Å²) < 4.78 is 10.3. The molecule has 0 fully saturated rings. The van der Waals surface area contributed by atoms with Crippen LogP contribution in [-0.4, -0.2) is 15.7 Å². The van der Waals surface area contributed by atoms with Gasteiger partial charge < -0.3 is 14.0 Å². The van der Waals surface area contributed by atoms with E-state index in [1.54, 1.807) is 6.07 Å². The van der Waals surface area contributed by atoms with Crippen LogP contribution in [0.25, 0.3) is 0 Å². The Labute approximate surface area is 121 Å². The van der Waals surface area contributed by atoms with E-state index in [1.165, 1.54) is 24.3 Å². The van der Waals surface area contributed by atoms with E-state index in [0.29, 0.717) is 5.56 Å². The van der Waals surface area contributed by atoms with Crippen molar-refractivity contribution < 1.29 is 23.8 Å². The molecular formula is C12H7N3O7. The molecule has 0 saturated carbocycles. The molecule has 1 aromatic heterocycles. The van der Waals surface area contributed by atoms with Crippen LogP contribution < -0.4 is 0 Å². The minimum atomic E-state index is -1.08. The third-order valence-corrected chi connectivity index (χ3v) is 2.78. The molecule has 0 aliphatic carbocycles. The molecule has 1 aromatic carbocycles. The first kappa shape index (κ1) is 13.5. The van der Waals surface area contributed by atoms with Crippen LogP contribution >= 0.6 is 0 Å². The van der Waals surface area contributed by atoms with Crippen molar-refractivity contribution >= 4 is 17.5 Å². The van der Waals surface area contributed by atoms with E-state index >= 15 is 0 Å². The number of non-ortho nitro benzene ring substituents is 1. The second-order valence-corrected chi connectivity index (χ2v) is 4.19. The topological polar surface area (TPSA) is 130 Å². The summed E-state index contributed by atoms with van der Waals surface area (Å²) in [6, 6.07) is 8.12. The number of nitro benzene ring substituents is 1. The second kappa shape index (κ2) is 5.16. The standard InChI is InChI=1S/C12H7N3O7/c16-14(17)8-3-1-2-7(6-8)11-13-22-12(21-11)9-4-5-10(20-9)15(18)19/h1-6,12H. The Morgan fingerprint density at radius 3 is 2.59 bits per heavy atom. The highest BCUT2D eigenvalue weighted by atomic mass is 16.8. The van der Waals surface area contributed by atoms with Crippen LogP contribution in [0, 0.1) is 20.2 Å². The maximum Gasteiger partial charge on any atom is 0.433 e. The van der Waals surface area contributed by atoms with Gasteiger partial charge in [-0.15, -0.1) is 0 Å². The maximum atomic E-state index is 10.7. The van der Waals surface area contributed by atoms with Crippen molar-refractivity contribution in [2.45, 2.75) is 6.29 Å². The summed E-state index contributed by atoms with van der Waals surface area (Å²) in [6.45, 7) is 0. The summed E-state index contributed by atoms with van der Waals surface area (Å²) >= 11 is 0. The van der Waals surface area contributed by atoms with E-state index < -0.39 is 22.0 Å². The molecule has 22 heavy (non-hydrogen) atoms. The largest absolute Gasteiger partial charge is 0.433 e. The molecule has 10 nitrogen and oxygen atoms in total. The molecule has 0 N–H and O–H groups in total. The van der Waals surface area contributed by atoms with Gasteiger partial charge in [-0.25, -0.2) is 0 Å². The van der Waals surface area contributed by atoms with Gasteiger partial charge in [0.1, 0.15) is 4.92 Å². The number of furan rings is 1. The zero-order valence-electron chi connectivity index (χ0n) is 10.7. The van der Waals surface area contributed by atoms with Gasteiger partial charge in [-0.05, 0) is 17.3 Å². The number of nitrogens with zero attached hydrogens (tertiary/aromatic N) is 3. The fourth-order valence-electron chi connectivity index (χ4n) is 1.79. The van der Waals surface area contributed by atoms with Gasteiger partial charge in [0.15, 0.2) is 5.76 Å². The van der Waals surface area contributed by atoms with Gasteiger partial charge in [-0.2, -0.15) is 0 Å². The van der Waals surface area contributed by atoms with Crippen molar-refractivity contribution in [1.29, 1.82) is 0 Å². The normalized spacial score (nSPS) is 16.5. The summed E-state index contributed by atoms with van der Waals surface area (Å²) in [7, 11) is 0. The number of nitro groups is 2. The molecule has 0 amide bonds. The average molecular weight is 305 g/mol. The third kappa shape index (κ3) is 2.44. The molecule has 112 valence electrons. The molecule has 1 aliphatic rings. The van der Waals surface area contributed by atoms with E-state index in [2.05, 4.69) is 5.16 Å². The monoisotopic (exact) mass is 305 g/mol. The van der Waals surface area contributed by atoms with Crippen molar-refractivity contribution in [1.82, 2.24) is 0 Å². The van der Waals surface area contributed by atoms with Crippen molar-refractivity contribution in [3.8, 4) is 0 Å². The molecule has 1 unspecified atom stereocenters. The van der Waals surface area contributed by atoms with Crippen LogP contribution in [-0.2, 0) is 9.57 Å². The number of rotatable bonds is 4. The number of oxime groups is 1. The molecule has 3 rings (SSSR count). The minimum Gasteiger partial charge on any atom is -0.425 e. The molecule has 2 heterocycles. The Kier molecular flexibility index (Phi) is 3.18. The first-order chi connectivity index (χ1) is 10.5. The Balaban J connectivity index is 1.77. The lowest BCUT2D eigenvalue weighted by molar-refractivity contribution is -0.402. The van der Waals surface area contributed by atoms with Gasteiger partial charge in [0.25, 0.3) is 11.6 Å². The summed E-state index contributed by atoms with van der Waals surface area (Å²) in [5.41, 5.74) is 0.221. The lowest BCUT2D eigenvalue weighted by Gasteiger charge is -2.05. The molecular weight excluding hydrogens is 298 g/mol. The molecule has 0 bridgehead atoms. The fourth-order valence-corrected chi connectivity index (χ4v) is 1.79. The summed E-state index contributed by atoms with van der Waals surface area (Å²) in [4.78, 5) is 25.0. The molecule has 0 saturated heterocycles. The zero-order chi connectivity index (χ0) is 15.7. The first-order valence-corrected chi connectivity index (χ1v) is 5.94. The van der Waals surface area contributed by atoms with E-state index in [9.17, 15) is 20.2 Å². The molecule has 2 aromatic rings. The van der Waals surface area contributed by atoms with Crippen LogP contribution in [0.4, 0.5) is 11.6 Å². The Morgan fingerprint density at radius 2 is 1.91 bits per heavy atom. The number of benzene rings is 1. The zero-order valence-corrected chi connectivity index (χ0v) is 10.7. The van der Waals surface area contributed by atoms with Gasteiger partial charge in [0, 0.05) is 17.7 Å². The van der Waals surface area contributed by atoms with E-state index in [1.807, 2.05) is 0 Å². The number of hydrogen-bond donors (Lipinski definition) is 0. The van der Waals surface area contributed by atoms with E-state index in [4.69, 9.17) is 14.0 Å². The Bertz CT molecular complexity index is 783. The van der Waals surface area contributed by atoms with Crippen LogP contribution in [0.3, 0.4) is 0 Å². The van der Waals surface area contributed by atoms with Crippen LogP contribution in [0.1, 0.15) is 17.6 Å². The third-order valence-electron chi connectivity index (χ3n) is 2.78. The van der Waals surface area contributed by atoms with E-state index in [-0.39, 0.29) is 17.3 Å². The van der Waals surface area contributed by atoms with Crippen molar-refractivity contribution in [2.24, 2.45) is 5.16 Å². The SMILES string of the molecule is O=[N+]([O-])c1cccc(C2=NOC(c3ccc([N+](=O)[O-])o3)O2)c1. The van der Waals surface area contributed by atoms with Gasteiger partial charge >= 0.3 is 12.2 Å². The van der Waals surface area contributed by atoms with Crippen LogP contribution in [0.15, 0.2) is 46.0 Å². The second-order valence-electron chi connectivity index (χ2n) is 4.19. The number of ether oxygens (including phenoxy) is 1. The minimum absolute atomic E-state index is 0.0211. The molecule has 0 spiro atoms. The van der Waals surface area contributed by atoms with Crippen molar-refractivity contribution in [3.05, 3.63) is 68.0 Å². The Hall–Kier alpha value is -3.43. The van der Waals surface area contributed by atoms with Gasteiger partial charge in [0.05, 0.1) is 11.0 Å². The fraction of sp³-hybridized carbons (Fsp3) is 0.0833. The van der Waals surface area contributed by atoms with Crippen LogP contribution in [0.5, 0.6) is 0 Å². The van der Waals surface area contributed by atoms with Gasteiger partial charge in [-0.1, -0.05) is 6.07 Å². The molecule has 1 atom stereocenters. The highest BCUT2D eigenvalue weighted by Gasteiger charge is 2.30. The molecule has 10 heteroatoms. The van der Waals surface area contributed by atoms with Gasteiger partial charge in [0.2, 0.25) is 0 Å². The lowest BCUT2D eigenvalue weighted by atomic mass is 10.2. The van der Waals surface area contributed by atoms with Gasteiger partial charge in [-0.3, -0.25) is 20.2 Å². The van der Waals surface area contributed by atoms with Crippen molar-refractivity contribution in [3.63, 3.8) is 0 Å². The maximum absolute atomic E-state index is 10.7. The van der Waals surface area contributed by atoms with E-state index in [0.717, 1.165) is 6.07 Å². The van der Waals surface area contributed by atoms with Crippen LogP contribution in [0.2, 0.25) is 0 Å². The lowest BCUT2D eigenvalue weighted by Crippen LogP contribution is -2.05. The smallest absolute Gasteiger partial charge is 0.425 e. The summed E-state index contributed by atoms with van der Waals surface area (Å²) in [5, 5.41) is 24.9. The first-order valence-electron chi connectivity index (χ1n) is 5.94. The predicted molar refractivity (Wildman–Crippen MR) is 69.9 cm³/mol. The average Bonchev–Trinajstić information content (AvgIpc) is 3.16.